The number of carbonyl (C=O) groups is 3. The van der Waals surface area contributed by atoms with Crippen LogP contribution in [0.3, 0.4) is 0 Å². The van der Waals surface area contributed by atoms with Crippen molar-refractivity contribution in [2.24, 2.45) is 0 Å². The zero-order valence-electron chi connectivity index (χ0n) is 15.9. The summed E-state index contributed by atoms with van der Waals surface area (Å²) < 4.78 is 10.7. The number of ether oxygens (including phenoxy) is 2. The third kappa shape index (κ3) is 3.66. The number of para-hydroxylation sites is 1. The summed E-state index contributed by atoms with van der Waals surface area (Å²) in [6, 6.07) is 14.4. The van der Waals surface area contributed by atoms with Crippen LogP contribution in [0.4, 0.5) is 10.5 Å². The minimum atomic E-state index is -0.726. The Kier molecular flexibility index (Phi) is 5.18. The summed E-state index contributed by atoms with van der Waals surface area (Å²) in [5, 5.41) is 2.84. The number of hydrogen-bond acceptors (Lipinski definition) is 5. The lowest BCUT2D eigenvalue weighted by Gasteiger charge is -2.36. The summed E-state index contributed by atoms with van der Waals surface area (Å²) in [6.07, 6.45) is 0.537. The Morgan fingerprint density at radius 1 is 1.07 bits per heavy atom. The molecule has 2 aliphatic rings. The maximum atomic E-state index is 13.1. The maximum absolute atomic E-state index is 13.1. The van der Waals surface area contributed by atoms with Crippen molar-refractivity contribution in [3.63, 3.8) is 0 Å². The van der Waals surface area contributed by atoms with E-state index in [1.165, 1.54) is 12.0 Å². The molecule has 2 heterocycles. The molecule has 4 rings (SSSR count). The molecule has 2 aromatic rings. The van der Waals surface area contributed by atoms with Gasteiger partial charge in [0.15, 0.2) is 0 Å². The highest BCUT2D eigenvalue weighted by atomic mass is 16.5. The lowest BCUT2D eigenvalue weighted by atomic mass is 10.0. The van der Waals surface area contributed by atoms with Crippen LogP contribution in [0.1, 0.15) is 6.42 Å². The molecule has 4 amide bonds. The second-order valence-corrected chi connectivity index (χ2v) is 6.89. The standard InChI is InChI=1S/C21H21N3O5/c1-28-13-18(25)23-12-11-17-19(23)20(26)24(21(27)22-17)14-7-9-16(10-8-14)29-15-5-3-2-4-6-15/h2-10,17,19H,11-13H2,1H3,(H,22,27). The average Bonchev–Trinajstić information content (AvgIpc) is 3.14. The van der Waals surface area contributed by atoms with Crippen LogP contribution in [-0.2, 0) is 14.3 Å². The molecule has 2 aromatic carbocycles. The fourth-order valence-electron chi connectivity index (χ4n) is 3.72. The molecule has 0 aromatic heterocycles. The fraction of sp³-hybridized carbons (Fsp3) is 0.286. The Balaban J connectivity index is 1.53. The van der Waals surface area contributed by atoms with Gasteiger partial charge in [-0.05, 0) is 42.8 Å². The summed E-state index contributed by atoms with van der Waals surface area (Å²) in [5.74, 6) is 0.585. The SMILES string of the molecule is COCC(=O)N1CCC2NC(=O)N(c3ccc(Oc4ccccc4)cc3)C(=O)C21. The van der Waals surface area contributed by atoms with E-state index in [9.17, 15) is 14.4 Å². The van der Waals surface area contributed by atoms with E-state index in [4.69, 9.17) is 9.47 Å². The van der Waals surface area contributed by atoms with Gasteiger partial charge in [0.1, 0.15) is 24.1 Å². The number of imide groups is 1. The molecule has 8 heteroatoms. The van der Waals surface area contributed by atoms with Crippen molar-refractivity contribution in [1.29, 1.82) is 0 Å². The van der Waals surface area contributed by atoms with Gasteiger partial charge in [-0.2, -0.15) is 0 Å². The van der Waals surface area contributed by atoms with E-state index in [0.717, 1.165) is 4.90 Å². The lowest BCUT2D eigenvalue weighted by Crippen LogP contribution is -2.65. The smallest absolute Gasteiger partial charge is 0.329 e. The molecule has 2 saturated heterocycles. The highest BCUT2D eigenvalue weighted by Crippen LogP contribution is 2.30. The molecule has 1 N–H and O–H groups in total. The Morgan fingerprint density at radius 2 is 1.76 bits per heavy atom. The zero-order chi connectivity index (χ0) is 20.4. The number of anilines is 1. The molecule has 8 nitrogen and oxygen atoms in total. The second kappa shape index (κ2) is 7.92. The average molecular weight is 395 g/mol. The number of nitrogens with one attached hydrogen (secondary N) is 1. The highest BCUT2D eigenvalue weighted by molar-refractivity contribution is 6.19. The quantitative estimate of drug-likeness (QED) is 0.838. The van der Waals surface area contributed by atoms with Crippen LogP contribution in [0, 0.1) is 0 Å². The minimum absolute atomic E-state index is 0.101. The number of urea groups is 1. The van der Waals surface area contributed by atoms with Crippen LogP contribution >= 0.6 is 0 Å². The van der Waals surface area contributed by atoms with Crippen molar-refractivity contribution in [3.8, 4) is 11.5 Å². The Hall–Kier alpha value is -3.39. The van der Waals surface area contributed by atoms with Crippen LogP contribution in [0.2, 0.25) is 0 Å². The van der Waals surface area contributed by atoms with Gasteiger partial charge < -0.3 is 19.7 Å². The molecule has 2 unspecified atom stereocenters. The van der Waals surface area contributed by atoms with E-state index in [1.807, 2.05) is 30.3 Å². The van der Waals surface area contributed by atoms with Crippen molar-refractivity contribution >= 4 is 23.5 Å². The van der Waals surface area contributed by atoms with E-state index in [2.05, 4.69) is 5.32 Å². The number of nitrogens with zero attached hydrogens (tertiary/aromatic N) is 2. The van der Waals surface area contributed by atoms with Gasteiger partial charge in [0.25, 0.3) is 5.91 Å². The van der Waals surface area contributed by atoms with Gasteiger partial charge in [0.05, 0.1) is 11.7 Å². The molecule has 0 saturated carbocycles. The molecular formula is C21H21N3O5. The molecule has 0 aliphatic carbocycles. The Morgan fingerprint density at radius 3 is 2.45 bits per heavy atom. The van der Waals surface area contributed by atoms with E-state index in [-0.39, 0.29) is 18.6 Å². The molecule has 29 heavy (non-hydrogen) atoms. The monoisotopic (exact) mass is 395 g/mol. The number of benzene rings is 2. The van der Waals surface area contributed by atoms with Gasteiger partial charge in [-0.25, -0.2) is 9.69 Å². The normalized spacial score (nSPS) is 21.0. The largest absolute Gasteiger partial charge is 0.457 e. The van der Waals surface area contributed by atoms with Crippen molar-refractivity contribution < 1.29 is 23.9 Å². The molecule has 0 bridgehead atoms. The van der Waals surface area contributed by atoms with Crippen LogP contribution in [-0.4, -0.2) is 55.1 Å². The minimum Gasteiger partial charge on any atom is -0.457 e. The zero-order valence-corrected chi connectivity index (χ0v) is 15.9. The molecular weight excluding hydrogens is 374 g/mol. The van der Waals surface area contributed by atoms with Crippen LogP contribution in [0.5, 0.6) is 11.5 Å². The van der Waals surface area contributed by atoms with E-state index in [1.54, 1.807) is 24.3 Å². The highest BCUT2D eigenvalue weighted by Gasteiger charge is 2.49. The maximum Gasteiger partial charge on any atom is 0.329 e. The van der Waals surface area contributed by atoms with Gasteiger partial charge in [-0.1, -0.05) is 18.2 Å². The van der Waals surface area contributed by atoms with Crippen LogP contribution in [0.25, 0.3) is 0 Å². The number of rotatable bonds is 5. The first-order valence-corrected chi connectivity index (χ1v) is 9.34. The van der Waals surface area contributed by atoms with Crippen molar-refractivity contribution in [2.45, 2.75) is 18.5 Å². The van der Waals surface area contributed by atoms with E-state index < -0.39 is 18.0 Å². The predicted octanol–water partition coefficient (Wildman–Crippen LogP) is 2.15. The first kappa shape index (κ1) is 18.9. The summed E-state index contributed by atoms with van der Waals surface area (Å²) in [4.78, 5) is 40.5. The molecule has 150 valence electrons. The predicted molar refractivity (Wildman–Crippen MR) is 105 cm³/mol. The number of fused-ring (bicyclic) bond motifs is 1. The van der Waals surface area contributed by atoms with Crippen LogP contribution in [0.15, 0.2) is 54.6 Å². The van der Waals surface area contributed by atoms with Gasteiger partial charge in [0, 0.05) is 13.7 Å². The first-order chi connectivity index (χ1) is 14.1. The number of hydrogen-bond donors (Lipinski definition) is 1. The molecule has 0 spiro atoms. The Labute approximate surface area is 168 Å². The first-order valence-electron chi connectivity index (χ1n) is 9.34. The molecule has 2 aliphatic heterocycles. The molecule has 0 radical (unpaired) electrons. The Bertz CT molecular complexity index is 916. The van der Waals surface area contributed by atoms with Gasteiger partial charge in [-0.15, -0.1) is 0 Å². The van der Waals surface area contributed by atoms with Crippen molar-refractivity contribution in [3.05, 3.63) is 54.6 Å². The summed E-state index contributed by atoms with van der Waals surface area (Å²) in [7, 11) is 1.43. The van der Waals surface area contributed by atoms with Crippen LogP contribution < -0.4 is 15.0 Å². The number of likely N-dealkylation sites (tertiary alicyclic amines) is 1. The summed E-state index contributed by atoms with van der Waals surface area (Å²) in [6.45, 7) is 0.303. The number of methoxy groups -OCH3 is 1. The van der Waals surface area contributed by atoms with Gasteiger partial charge >= 0.3 is 6.03 Å². The van der Waals surface area contributed by atoms with E-state index >= 15 is 0 Å². The second-order valence-electron chi connectivity index (χ2n) is 6.89. The van der Waals surface area contributed by atoms with E-state index in [0.29, 0.717) is 30.2 Å². The van der Waals surface area contributed by atoms with Crippen molar-refractivity contribution in [2.75, 3.05) is 25.2 Å². The fourth-order valence-corrected chi connectivity index (χ4v) is 3.72. The third-order valence-electron chi connectivity index (χ3n) is 5.05. The summed E-state index contributed by atoms with van der Waals surface area (Å²) in [5.41, 5.74) is 0.414. The molecule has 2 atom stereocenters. The number of amides is 4. The van der Waals surface area contributed by atoms with Crippen molar-refractivity contribution in [1.82, 2.24) is 10.2 Å². The lowest BCUT2D eigenvalue weighted by molar-refractivity contribution is -0.140. The topological polar surface area (TPSA) is 88.2 Å². The molecule has 2 fully saturated rings. The number of carbonyl (C=O) groups excluding carboxylic acids is 3. The third-order valence-corrected chi connectivity index (χ3v) is 5.05. The van der Waals surface area contributed by atoms with Gasteiger partial charge in [-0.3, -0.25) is 9.59 Å². The summed E-state index contributed by atoms with van der Waals surface area (Å²) >= 11 is 0. The van der Waals surface area contributed by atoms with Gasteiger partial charge in [0.2, 0.25) is 5.91 Å².